The van der Waals surface area contributed by atoms with Crippen LogP contribution >= 0.6 is 11.3 Å². The fraction of sp³-hybridized carbons (Fsp3) is 0.286. The summed E-state index contributed by atoms with van der Waals surface area (Å²) in [7, 11) is 0. The van der Waals surface area contributed by atoms with Crippen LogP contribution in [-0.2, 0) is 17.6 Å². The molecule has 1 aliphatic carbocycles. The minimum Gasteiger partial charge on any atom is -0.426 e. The predicted molar refractivity (Wildman–Crippen MR) is 106 cm³/mol. The number of aryl methyl sites for hydroxylation is 1. The fourth-order valence-corrected chi connectivity index (χ4v) is 4.08. The van der Waals surface area contributed by atoms with E-state index < -0.39 is 5.97 Å². The molecule has 0 bridgehead atoms. The van der Waals surface area contributed by atoms with E-state index in [0.29, 0.717) is 29.2 Å². The van der Waals surface area contributed by atoms with Crippen LogP contribution in [0, 0.1) is 0 Å². The standard InChI is InChI=1S/C21H19NO5S/c23-19(7-2-10-22-20(24)18-6-3-11-28-18)26-13-8-9-15-14-4-1-5-16(14)21(25)27-17(15)12-13/h3,6,8-9,11-12H,1-2,4-5,7,10H2,(H,22,24). The molecule has 1 amide bonds. The zero-order valence-electron chi connectivity index (χ0n) is 15.2. The van der Waals surface area contributed by atoms with Gasteiger partial charge in [-0.15, -0.1) is 11.3 Å². The van der Waals surface area contributed by atoms with Gasteiger partial charge < -0.3 is 14.5 Å². The SMILES string of the molecule is O=C(CCCNC(=O)c1cccs1)Oc1ccc2c3c(c(=O)oc2c1)CCC3. The summed E-state index contributed by atoms with van der Waals surface area (Å²) in [6.07, 6.45) is 3.24. The van der Waals surface area contributed by atoms with Crippen molar-refractivity contribution >= 4 is 34.2 Å². The number of ether oxygens (including phenoxy) is 1. The van der Waals surface area contributed by atoms with Gasteiger partial charge in [0, 0.05) is 30.0 Å². The second kappa shape index (κ2) is 7.98. The molecule has 2 heterocycles. The van der Waals surface area contributed by atoms with E-state index in [0.717, 1.165) is 35.8 Å². The molecule has 144 valence electrons. The minimum absolute atomic E-state index is 0.138. The molecule has 0 saturated carbocycles. The predicted octanol–water partition coefficient (Wildman–Crippen LogP) is 3.46. The van der Waals surface area contributed by atoms with E-state index in [1.54, 1.807) is 18.2 Å². The van der Waals surface area contributed by atoms with Crippen LogP contribution in [0.4, 0.5) is 0 Å². The van der Waals surface area contributed by atoms with Gasteiger partial charge in [0.05, 0.1) is 4.88 Å². The number of carbonyl (C=O) groups is 2. The highest BCUT2D eigenvalue weighted by Crippen LogP contribution is 2.29. The van der Waals surface area contributed by atoms with Crippen molar-refractivity contribution < 1.29 is 18.7 Å². The normalized spacial score (nSPS) is 12.7. The maximum absolute atomic E-state index is 12.1. The molecule has 0 unspecified atom stereocenters. The van der Waals surface area contributed by atoms with E-state index in [1.807, 2.05) is 17.5 Å². The molecule has 0 fully saturated rings. The summed E-state index contributed by atoms with van der Waals surface area (Å²) >= 11 is 1.37. The number of thiophene rings is 1. The molecule has 0 aliphatic heterocycles. The number of amides is 1. The first kappa shape index (κ1) is 18.4. The van der Waals surface area contributed by atoms with Crippen molar-refractivity contribution in [1.29, 1.82) is 0 Å². The van der Waals surface area contributed by atoms with Crippen molar-refractivity contribution in [2.24, 2.45) is 0 Å². The number of nitrogens with one attached hydrogen (secondary N) is 1. The summed E-state index contributed by atoms with van der Waals surface area (Å²) in [6, 6.07) is 8.72. The zero-order chi connectivity index (χ0) is 19.5. The van der Waals surface area contributed by atoms with Crippen LogP contribution in [0.2, 0.25) is 0 Å². The van der Waals surface area contributed by atoms with E-state index in [1.165, 1.54) is 11.3 Å². The Morgan fingerprint density at radius 2 is 2.04 bits per heavy atom. The number of hydrogen-bond acceptors (Lipinski definition) is 6. The van der Waals surface area contributed by atoms with Crippen LogP contribution in [0.25, 0.3) is 11.0 Å². The van der Waals surface area contributed by atoms with Gasteiger partial charge in [0.15, 0.2) is 0 Å². The molecule has 7 heteroatoms. The Morgan fingerprint density at radius 3 is 2.86 bits per heavy atom. The summed E-state index contributed by atoms with van der Waals surface area (Å²) in [4.78, 5) is 36.6. The summed E-state index contributed by atoms with van der Waals surface area (Å²) in [6.45, 7) is 0.393. The van der Waals surface area contributed by atoms with Crippen molar-refractivity contribution in [3.05, 3.63) is 62.1 Å². The fourth-order valence-electron chi connectivity index (χ4n) is 3.44. The molecule has 0 spiro atoms. The van der Waals surface area contributed by atoms with Gasteiger partial charge in [0.25, 0.3) is 5.91 Å². The van der Waals surface area contributed by atoms with Gasteiger partial charge in [-0.05, 0) is 54.8 Å². The molecule has 2 aromatic heterocycles. The molecule has 3 aromatic rings. The van der Waals surface area contributed by atoms with E-state index in [4.69, 9.17) is 9.15 Å². The van der Waals surface area contributed by atoms with E-state index >= 15 is 0 Å². The monoisotopic (exact) mass is 397 g/mol. The van der Waals surface area contributed by atoms with Gasteiger partial charge in [-0.25, -0.2) is 4.79 Å². The third-order valence-electron chi connectivity index (χ3n) is 4.76. The first-order chi connectivity index (χ1) is 13.6. The minimum atomic E-state index is -0.395. The molecule has 1 aromatic carbocycles. The first-order valence-corrected chi connectivity index (χ1v) is 10.1. The first-order valence-electron chi connectivity index (χ1n) is 9.23. The number of rotatable bonds is 6. The molecular weight excluding hydrogens is 378 g/mol. The Morgan fingerprint density at radius 1 is 1.18 bits per heavy atom. The second-order valence-electron chi connectivity index (χ2n) is 6.67. The molecule has 0 atom stereocenters. The van der Waals surface area contributed by atoms with Gasteiger partial charge >= 0.3 is 11.6 Å². The molecule has 0 radical (unpaired) electrons. The lowest BCUT2D eigenvalue weighted by Crippen LogP contribution is -2.24. The summed E-state index contributed by atoms with van der Waals surface area (Å²) in [5.74, 6) is -0.185. The summed E-state index contributed by atoms with van der Waals surface area (Å²) in [5, 5.41) is 5.52. The smallest absolute Gasteiger partial charge is 0.339 e. The molecule has 0 saturated heterocycles. The Labute approximate surface area is 165 Å². The maximum Gasteiger partial charge on any atom is 0.339 e. The summed E-state index contributed by atoms with van der Waals surface area (Å²) in [5.41, 5.74) is 1.96. The molecule has 4 rings (SSSR count). The zero-order valence-corrected chi connectivity index (χ0v) is 16.0. The lowest BCUT2D eigenvalue weighted by atomic mass is 10.1. The largest absolute Gasteiger partial charge is 0.426 e. The van der Waals surface area contributed by atoms with Crippen molar-refractivity contribution in [2.45, 2.75) is 32.1 Å². The average molecular weight is 397 g/mol. The molecular formula is C21H19NO5S. The Bertz CT molecular complexity index is 1080. The van der Waals surface area contributed by atoms with Crippen LogP contribution in [0.5, 0.6) is 5.75 Å². The number of benzene rings is 1. The van der Waals surface area contributed by atoms with Crippen molar-refractivity contribution in [3.8, 4) is 5.75 Å². The van der Waals surface area contributed by atoms with E-state index in [9.17, 15) is 14.4 Å². The highest BCUT2D eigenvalue weighted by Gasteiger charge is 2.20. The van der Waals surface area contributed by atoms with Crippen LogP contribution in [0.15, 0.2) is 44.9 Å². The van der Waals surface area contributed by atoms with Gasteiger partial charge in [0.1, 0.15) is 11.3 Å². The van der Waals surface area contributed by atoms with Crippen molar-refractivity contribution in [3.63, 3.8) is 0 Å². The number of fused-ring (bicyclic) bond motifs is 3. The van der Waals surface area contributed by atoms with E-state index in [2.05, 4.69) is 5.32 Å². The van der Waals surface area contributed by atoms with Crippen molar-refractivity contribution in [1.82, 2.24) is 5.32 Å². The van der Waals surface area contributed by atoms with Crippen LogP contribution in [0.3, 0.4) is 0 Å². The topological polar surface area (TPSA) is 85.6 Å². The Kier molecular flexibility index (Phi) is 5.25. The van der Waals surface area contributed by atoms with E-state index in [-0.39, 0.29) is 18.0 Å². The highest BCUT2D eigenvalue weighted by molar-refractivity contribution is 7.12. The molecule has 28 heavy (non-hydrogen) atoms. The third-order valence-corrected chi connectivity index (χ3v) is 5.63. The van der Waals surface area contributed by atoms with Crippen LogP contribution in [0.1, 0.15) is 40.1 Å². The maximum atomic E-state index is 12.1. The van der Waals surface area contributed by atoms with Crippen LogP contribution < -0.4 is 15.7 Å². The van der Waals surface area contributed by atoms with Gasteiger partial charge in [-0.2, -0.15) is 0 Å². The van der Waals surface area contributed by atoms with Crippen molar-refractivity contribution in [2.75, 3.05) is 6.54 Å². The highest BCUT2D eigenvalue weighted by atomic mass is 32.1. The second-order valence-corrected chi connectivity index (χ2v) is 7.62. The quantitative estimate of drug-likeness (QED) is 0.298. The third kappa shape index (κ3) is 3.84. The van der Waals surface area contributed by atoms with Crippen LogP contribution in [-0.4, -0.2) is 18.4 Å². The average Bonchev–Trinajstić information content (AvgIpc) is 3.37. The van der Waals surface area contributed by atoms with Gasteiger partial charge in [-0.1, -0.05) is 6.07 Å². The lowest BCUT2D eigenvalue weighted by Gasteiger charge is -2.08. The lowest BCUT2D eigenvalue weighted by molar-refractivity contribution is -0.134. The molecule has 6 nitrogen and oxygen atoms in total. The number of carbonyl (C=O) groups excluding carboxylic acids is 2. The van der Waals surface area contributed by atoms with Gasteiger partial charge in [0.2, 0.25) is 0 Å². The molecule has 1 N–H and O–H groups in total. The number of hydrogen-bond donors (Lipinski definition) is 1. The molecule has 1 aliphatic rings. The Hall–Kier alpha value is -2.93. The van der Waals surface area contributed by atoms with Gasteiger partial charge in [-0.3, -0.25) is 9.59 Å². The summed E-state index contributed by atoms with van der Waals surface area (Å²) < 4.78 is 10.7. The number of esters is 1. The Balaban J connectivity index is 1.33.